The van der Waals surface area contributed by atoms with Crippen LogP contribution in [0.15, 0.2) is 18.2 Å². The Labute approximate surface area is 137 Å². The Bertz CT molecular complexity index is 772. The molecule has 0 fully saturated rings. The van der Waals surface area contributed by atoms with Crippen molar-refractivity contribution >= 4 is 22.9 Å². The summed E-state index contributed by atoms with van der Waals surface area (Å²) in [6, 6.07) is 3.25. The zero-order valence-electron chi connectivity index (χ0n) is 13.2. The fraction of sp³-hybridized carbons (Fsp3) is 0.333. The van der Waals surface area contributed by atoms with Gasteiger partial charge in [0.1, 0.15) is 11.3 Å². The van der Waals surface area contributed by atoms with E-state index in [4.69, 9.17) is 0 Å². The molecular weight excluding hydrogens is 318 g/mol. The van der Waals surface area contributed by atoms with Crippen LogP contribution in [0, 0.1) is 24.0 Å². The highest BCUT2D eigenvalue weighted by Crippen LogP contribution is 2.31. The second-order valence-electron chi connectivity index (χ2n) is 5.23. The van der Waals surface area contributed by atoms with Crippen LogP contribution < -0.4 is 0 Å². The number of carbonyl (C=O) groups is 1. The van der Waals surface area contributed by atoms with Gasteiger partial charge in [0, 0.05) is 11.9 Å². The number of nitro benzene ring substituents is 1. The number of thiazole rings is 1. The van der Waals surface area contributed by atoms with E-state index in [0.29, 0.717) is 0 Å². The van der Waals surface area contributed by atoms with Gasteiger partial charge in [-0.3, -0.25) is 14.9 Å². The van der Waals surface area contributed by atoms with E-state index in [2.05, 4.69) is 4.98 Å². The van der Waals surface area contributed by atoms with Crippen LogP contribution in [0.5, 0.6) is 5.75 Å². The highest BCUT2D eigenvalue weighted by Gasteiger charge is 2.28. The predicted molar refractivity (Wildman–Crippen MR) is 86.9 cm³/mol. The summed E-state index contributed by atoms with van der Waals surface area (Å²) in [5.41, 5.74) is 0.382. The fourth-order valence-corrected chi connectivity index (χ4v) is 3.35. The van der Waals surface area contributed by atoms with E-state index >= 15 is 0 Å². The predicted octanol–water partition coefficient (Wildman–Crippen LogP) is 3.21. The van der Waals surface area contributed by atoms with Gasteiger partial charge in [0.05, 0.1) is 27.7 Å². The van der Waals surface area contributed by atoms with E-state index < -0.39 is 16.5 Å². The monoisotopic (exact) mass is 335 g/mol. The van der Waals surface area contributed by atoms with Crippen LogP contribution in [0.1, 0.15) is 38.9 Å². The molecule has 0 unspecified atom stereocenters. The summed E-state index contributed by atoms with van der Waals surface area (Å²) in [7, 11) is 1.60. The zero-order chi connectivity index (χ0) is 17.3. The lowest BCUT2D eigenvalue weighted by atomic mass is 10.1. The molecule has 1 aromatic carbocycles. The second-order valence-corrected chi connectivity index (χ2v) is 6.47. The molecule has 0 aliphatic carbocycles. The Morgan fingerprint density at radius 3 is 2.61 bits per heavy atom. The average molecular weight is 335 g/mol. The number of aromatic hydroxyl groups is 1. The molecule has 0 radical (unpaired) electrons. The lowest BCUT2D eigenvalue weighted by Crippen LogP contribution is -2.30. The summed E-state index contributed by atoms with van der Waals surface area (Å²) in [5.74, 6) is -0.729. The maximum absolute atomic E-state index is 12.6. The number of aryl methyl sites for hydroxylation is 2. The molecule has 8 heteroatoms. The standard InChI is InChI=1S/C15H17N3O4S/c1-8-14(23-10(3)16-8)9(2)17(4)15(20)12-6-5-11(19)7-13(12)18(21)22/h5-7,9,19H,1-4H3/t9-/m0/s1. The van der Waals surface area contributed by atoms with Crippen LogP contribution in [-0.2, 0) is 0 Å². The molecule has 2 rings (SSSR count). The summed E-state index contributed by atoms with van der Waals surface area (Å²) < 4.78 is 0. The van der Waals surface area contributed by atoms with Crippen LogP contribution in [0.3, 0.4) is 0 Å². The number of hydrogen-bond donors (Lipinski definition) is 1. The zero-order valence-corrected chi connectivity index (χ0v) is 14.0. The normalized spacial score (nSPS) is 12.0. The number of phenolic OH excluding ortho intramolecular Hbond substituents is 1. The third-order valence-corrected chi connectivity index (χ3v) is 4.87. The highest BCUT2D eigenvalue weighted by atomic mass is 32.1. The van der Waals surface area contributed by atoms with Gasteiger partial charge in [-0.25, -0.2) is 4.98 Å². The molecule has 0 aliphatic heterocycles. The summed E-state index contributed by atoms with van der Waals surface area (Å²) in [6.07, 6.45) is 0. The average Bonchev–Trinajstić information content (AvgIpc) is 2.83. The van der Waals surface area contributed by atoms with Crippen LogP contribution >= 0.6 is 11.3 Å². The molecule has 1 heterocycles. The molecule has 1 amide bonds. The van der Waals surface area contributed by atoms with Gasteiger partial charge in [-0.1, -0.05) is 0 Å². The van der Waals surface area contributed by atoms with E-state index in [0.717, 1.165) is 21.6 Å². The Hall–Kier alpha value is -2.48. The lowest BCUT2D eigenvalue weighted by molar-refractivity contribution is -0.385. The van der Waals surface area contributed by atoms with E-state index in [1.807, 2.05) is 20.8 Å². The van der Waals surface area contributed by atoms with Crippen molar-refractivity contribution in [2.45, 2.75) is 26.8 Å². The van der Waals surface area contributed by atoms with E-state index in [-0.39, 0.29) is 17.4 Å². The van der Waals surface area contributed by atoms with Crippen LogP contribution in [0.2, 0.25) is 0 Å². The van der Waals surface area contributed by atoms with Crippen molar-refractivity contribution in [2.75, 3.05) is 7.05 Å². The first-order valence-corrected chi connectivity index (χ1v) is 7.72. The first-order chi connectivity index (χ1) is 10.7. The van der Waals surface area contributed by atoms with Gasteiger partial charge < -0.3 is 10.0 Å². The van der Waals surface area contributed by atoms with Gasteiger partial charge in [0.25, 0.3) is 11.6 Å². The molecule has 0 aliphatic rings. The van der Waals surface area contributed by atoms with Crippen molar-refractivity contribution in [1.82, 2.24) is 9.88 Å². The molecule has 1 aromatic heterocycles. The van der Waals surface area contributed by atoms with E-state index in [1.165, 1.54) is 28.4 Å². The fourth-order valence-electron chi connectivity index (χ4n) is 2.33. The number of rotatable bonds is 4. The molecule has 0 saturated carbocycles. The van der Waals surface area contributed by atoms with Crippen LogP contribution in [0.4, 0.5) is 5.69 Å². The maximum atomic E-state index is 12.6. The molecule has 1 atom stereocenters. The van der Waals surface area contributed by atoms with E-state index in [9.17, 15) is 20.0 Å². The van der Waals surface area contributed by atoms with Crippen molar-refractivity contribution < 1.29 is 14.8 Å². The van der Waals surface area contributed by atoms with Crippen molar-refractivity contribution in [3.8, 4) is 5.75 Å². The number of amides is 1. The van der Waals surface area contributed by atoms with Crippen LogP contribution in [0.25, 0.3) is 0 Å². The number of carbonyl (C=O) groups excluding carboxylic acids is 1. The largest absolute Gasteiger partial charge is 0.508 e. The minimum atomic E-state index is -0.673. The quantitative estimate of drug-likeness (QED) is 0.683. The molecule has 0 bridgehead atoms. The Morgan fingerprint density at radius 1 is 1.43 bits per heavy atom. The number of nitrogens with zero attached hydrogens (tertiary/aromatic N) is 3. The highest BCUT2D eigenvalue weighted by molar-refractivity contribution is 7.11. The first kappa shape index (κ1) is 16.9. The summed E-state index contributed by atoms with van der Waals surface area (Å²) in [4.78, 5) is 29.8. The minimum Gasteiger partial charge on any atom is -0.508 e. The van der Waals surface area contributed by atoms with Gasteiger partial charge in [-0.2, -0.15) is 0 Å². The first-order valence-electron chi connectivity index (χ1n) is 6.91. The van der Waals surface area contributed by atoms with Crippen molar-refractivity contribution in [3.05, 3.63) is 49.5 Å². The molecule has 2 aromatic rings. The minimum absolute atomic E-state index is 0.0546. The number of benzene rings is 1. The van der Waals surface area contributed by atoms with Gasteiger partial charge in [0.15, 0.2) is 0 Å². The van der Waals surface area contributed by atoms with Gasteiger partial charge in [-0.15, -0.1) is 11.3 Å². The number of phenols is 1. The van der Waals surface area contributed by atoms with Gasteiger partial charge in [0.2, 0.25) is 0 Å². The molecule has 0 saturated heterocycles. The van der Waals surface area contributed by atoms with Crippen molar-refractivity contribution in [1.29, 1.82) is 0 Å². The molecule has 7 nitrogen and oxygen atoms in total. The smallest absolute Gasteiger partial charge is 0.285 e. The SMILES string of the molecule is Cc1nc(C)c([C@H](C)N(C)C(=O)c2ccc(O)cc2[N+](=O)[O-])s1. The van der Waals surface area contributed by atoms with Gasteiger partial charge >= 0.3 is 0 Å². The third-order valence-electron chi connectivity index (χ3n) is 3.63. The molecule has 1 N–H and O–H groups in total. The topological polar surface area (TPSA) is 96.6 Å². The molecule has 122 valence electrons. The lowest BCUT2D eigenvalue weighted by Gasteiger charge is -2.24. The van der Waals surface area contributed by atoms with Crippen molar-refractivity contribution in [2.24, 2.45) is 0 Å². The Kier molecular flexibility index (Phi) is 4.65. The summed E-state index contributed by atoms with van der Waals surface area (Å²) in [6.45, 7) is 5.61. The second kappa shape index (κ2) is 6.33. The Morgan fingerprint density at radius 2 is 2.09 bits per heavy atom. The van der Waals surface area contributed by atoms with E-state index in [1.54, 1.807) is 7.05 Å². The summed E-state index contributed by atoms with van der Waals surface area (Å²) >= 11 is 1.50. The van der Waals surface area contributed by atoms with Crippen LogP contribution in [-0.4, -0.2) is 32.9 Å². The summed E-state index contributed by atoms with van der Waals surface area (Å²) in [5, 5.41) is 21.4. The number of aromatic nitrogens is 1. The molecule has 0 spiro atoms. The Balaban J connectivity index is 2.37. The third kappa shape index (κ3) is 3.31. The van der Waals surface area contributed by atoms with Gasteiger partial charge in [-0.05, 0) is 32.9 Å². The number of hydrogen-bond acceptors (Lipinski definition) is 6. The van der Waals surface area contributed by atoms with Crippen molar-refractivity contribution in [3.63, 3.8) is 0 Å². The molecule has 23 heavy (non-hydrogen) atoms. The molecular formula is C15H17N3O4S. The number of nitro groups is 1. The maximum Gasteiger partial charge on any atom is 0.285 e.